The number of aryl methyl sites for hydroxylation is 1. The van der Waals surface area contributed by atoms with Crippen LogP contribution in [0.4, 0.5) is 5.13 Å². The molecule has 1 atom stereocenters. The number of esters is 1. The van der Waals surface area contributed by atoms with Crippen LogP contribution in [-0.4, -0.2) is 54.2 Å². The summed E-state index contributed by atoms with van der Waals surface area (Å²) in [4.78, 5) is 45.4. The molecule has 40 heavy (non-hydrogen) atoms. The van der Waals surface area contributed by atoms with Gasteiger partial charge < -0.3 is 24.1 Å². The molecule has 1 amide bonds. The number of thiazole rings is 1. The number of hydrogen-bond donors (Lipinski definition) is 1. The van der Waals surface area contributed by atoms with Crippen LogP contribution in [0.5, 0.6) is 17.2 Å². The summed E-state index contributed by atoms with van der Waals surface area (Å²) in [6.45, 7) is 8.12. The van der Waals surface area contributed by atoms with Crippen LogP contribution in [0.2, 0.25) is 0 Å². The predicted molar refractivity (Wildman–Crippen MR) is 147 cm³/mol. The zero-order chi connectivity index (χ0) is 28.4. The van der Waals surface area contributed by atoms with Crippen molar-refractivity contribution < 1.29 is 38.4 Å². The van der Waals surface area contributed by atoms with Crippen molar-refractivity contribution in [1.82, 2.24) is 4.98 Å². The molecular weight excluding hydrogens is 536 g/mol. The van der Waals surface area contributed by atoms with Gasteiger partial charge in [-0.3, -0.25) is 14.5 Å². The van der Waals surface area contributed by atoms with Crippen molar-refractivity contribution in [2.45, 2.75) is 19.9 Å². The summed E-state index contributed by atoms with van der Waals surface area (Å²) in [6, 6.07) is 10.6. The van der Waals surface area contributed by atoms with Gasteiger partial charge in [-0.1, -0.05) is 36.1 Å². The molecule has 2 aromatic carbocycles. The summed E-state index contributed by atoms with van der Waals surface area (Å²) in [7, 11) is 0. The number of ketones is 1. The fourth-order valence-corrected chi connectivity index (χ4v) is 5.48. The first-order valence-electron chi connectivity index (χ1n) is 12.5. The van der Waals surface area contributed by atoms with E-state index in [9.17, 15) is 19.5 Å². The van der Waals surface area contributed by atoms with E-state index >= 15 is 0 Å². The Morgan fingerprint density at radius 3 is 2.73 bits per heavy atom. The molecular formula is C29H26N2O8S. The smallest absolute Gasteiger partial charge is 0.350 e. The van der Waals surface area contributed by atoms with Crippen LogP contribution in [-0.2, 0) is 14.3 Å². The summed E-state index contributed by atoms with van der Waals surface area (Å²) in [6.07, 6.45) is 1.59. The third-order valence-corrected chi connectivity index (χ3v) is 7.39. The molecule has 1 aromatic heterocycles. The van der Waals surface area contributed by atoms with E-state index in [0.29, 0.717) is 41.7 Å². The number of rotatable bonds is 8. The highest BCUT2D eigenvalue weighted by Gasteiger charge is 2.48. The van der Waals surface area contributed by atoms with Gasteiger partial charge in [0.2, 0.25) is 0 Å². The molecule has 2 aliphatic rings. The number of hydrogen-bond acceptors (Lipinski definition) is 10. The van der Waals surface area contributed by atoms with Crippen molar-refractivity contribution in [3.05, 3.63) is 82.4 Å². The van der Waals surface area contributed by atoms with Crippen molar-refractivity contribution in [2.75, 3.05) is 31.3 Å². The predicted octanol–water partition coefficient (Wildman–Crippen LogP) is 4.59. The van der Waals surface area contributed by atoms with Crippen molar-refractivity contribution in [3.8, 4) is 17.2 Å². The minimum absolute atomic E-state index is 0.117. The van der Waals surface area contributed by atoms with Crippen LogP contribution in [0.1, 0.15) is 39.5 Å². The van der Waals surface area contributed by atoms with Crippen LogP contribution >= 0.6 is 11.3 Å². The lowest BCUT2D eigenvalue weighted by molar-refractivity contribution is -0.132. The van der Waals surface area contributed by atoms with E-state index in [1.807, 2.05) is 0 Å². The lowest BCUT2D eigenvalue weighted by Gasteiger charge is -2.23. The highest BCUT2D eigenvalue weighted by molar-refractivity contribution is 7.17. The molecule has 3 heterocycles. The van der Waals surface area contributed by atoms with E-state index in [-0.39, 0.29) is 40.1 Å². The van der Waals surface area contributed by atoms with E-state index in [4.69, 9.17) is 18.9 Å². The number of Topliss-reactive ketones (excluding diaryl/α,β-unsaturated/α-hetero) is 1. The first-order valence-corrected chi connectivity index (χ1v) is 13.3. The maximum absolute atomic E-state index is 13.5. The Morgan fingerprint density at radius 1 is 1.20 bits per heavy atom. The number of aliphatic hydroxyl groups is 1. The molecule has 1 saturated heterocycles. The van der Waals surface area contributed by atoms with Crippen LogP contribution in [0.3, 0.4) is 0 Å². The van der Waals surface area contributed by atoms with Gasteiger partial charge in [-0.25, -0.2) is 9.78 Å². The van der Waals surface area contributed by atoms with Crippen LogP contribution < -0.4 is 19.1 Å². The molecule has 206 valence electrons. The second-order valence-corrected chi connectivity index (χ2v) is 9.81. The molecule has 11 heteroatoms. The summed E-state index contributed by atoms with van der Waals surface area (Å²) >= 11 is 0.937. The first kappa shape index (κ1) is 26.9. The molecule has 1 unspecified atom stereocenters. The largest absolute Gasteiger partial charge is 0.507 e. The van der Waals surface area contributed by atoms with Crippen molar-refractivity contribution in [2.24, 2.45) is 0 Å². The number of aliphatic hydroxyl groups excluding tert-OH is 1. The van der Waals surface area contributed by atoms with E-state index in [1.165, 1.54) is 4.90 Å². The number of carbonyl (C=O) groups is 3. The van der Waals surface area contributed by atoms with E-state index in [1.54, 1.807) is 62.4 Å². The maximum Gasteiger partial charge on any atom is 0.350 e. The molecule has 2 aliphatic heterocycles. The Labute approximate surface area is 234 Å². The fraction of sp³-hybridized carbons (Fsp3) is 0.241. The second-order valence-electron chi connectivity index (χ2n) is 8.83. The summed E-state index contributed by atoms with van der Waals surface area (Å²) in [5.41, 5.74) is 0.973. The van der Waals surface area contributed by atoms with Gasteiger partial charge in [0.15, 0.2) is 16.6 Å². The SMILES string of the molecule is C=CCOc1cccc(C2C(=C(O)c3ccc4c(c3)OCCO4)C(=O)C(=O)N2c2nc(C)c(C(=O)OCC)s2)c1. The van der Waals surface area contributed by atoms with Crippen LogP contribution in [0.25, 0.3) is 5.76 Å². The van der Waals surface area contributed by atoms with Gasteiger partial charge in [0, 0.05) is 5.56 Å². The Bertz CT molecular complexity index is 1540. The standard InChI is InChI=1S/C29H26N2O8S/c1-4-11-37-19-8-6-7-17(14-19)23-22(24(32)18-9-10-20-21(15-18)39-13-12-38-20)25(33)27(34)31(23)29-30-16(3)26(40-29)28(35)36-5-2/h4,6-10,14-15,23,32H,1,5,11-13H2,2-3H3. The average Bonchev–Trinajstić information content (AvgIpc) is 3.47. The molecule has 5 rings (SSSR count). The number of ether oxygens (including phenoxy) is 4. The molecule has 0 spiro atoms. The van der Waals surface area contributed by atoms with Gasteiger partial charge in [-0.2, -0.15) is 0 Å². The highest BCUT2D eigenvalue weighted by Crippen LogP contribution is 2.45. The van der Waals surface area contributed by atoms with Crippen LogP contribution in [0.15, 0.2) is 60.7 Å². The number of benzene rings is 2. The topological polar surface area (TPSA) is 124 Å². The van der Waals surface area contributed by atoms with Gasteiger partial charge in [-0.05, 0) is 49.7 Å². The number of fused-ring (bicyclic) bond motifs is 1. The highest BCUT2D eigenvalue weighted by atomic mass is 32.1. The monoisotopic (exact) mass is 562 g/mol. The van der Waals surface area contributed by atoms with Crippen molar-refractivity contribution in [3.63, 3.8) is 0 Å². The molecule has 1 N–H and O–H groups in total. The van der Waals surface area contributed by atoms with E-state index in [2.05, 4.69) is 11.6 Å². The molecule has 0 aliphatic carbocycles. The van der Waals surface area contributed by atoms with Crippen molar-refractivity contribution >= 4 is 39.9 Å². The number of nitrogens with zero attached hydrogens (tertiary/aromatic N) is 2. The van der Waals surface area contributed by atoms with Gasteiger partial charge in [0.1, 0.15) is 36.2 Å². The van der Waals surface area contributed by atoms with Gasteiger partial charge in [-0.15, -0.1) is 0 Å². The maximum atomic E-state index is 13.5. The fourth-order valence-electron chi connectivity index (χ4n) is 4.49. The Hall–Kier alpha value is -4.64. The quantitative estimate of drug-likeness (QED) is 0.138. The lowest BCUT2D eigenvalue weighted by atomic mass is 9.95. The molecule has 1 fully saturated rings. The van der Waals surface area contributed by atoms with E-state index in [0.717, 1.165) is 11.3 Å². The number of anilines is 1. The van der Waals surface area contributed by atoms with Gasteiger partial charge >= 0.3 is 11.9 Å². The third kappa shape index (κ3) is 4.91. The molecule has 0 saturated carbocycles. The summed E-state index contributed by atoms with van der Waals surface area (Å²) < 4.78 is 22.0. The average molecular weight is 563 g/mol. The second kappa shape index (κ2) is 11.2. The molecule has 0 radical (unpaired) electrons. The molecule has 10 nitrogen and oxygen atoms in total. The number of carbonyl (C=O) groups excluding carboxylic acids is 3. The zero-order valence-corrected chi connectivity index (χ0v) is 22.7. The minimum atomic E-state index is -1.07. The Morgan fingerprint density at radius 2 is 1.98 bits per heavy atom. The van der Waals surface area contributed by atoms with Gasteiger partial charge in [0.05, 0.1) is 23.9 Å². The van der Waals surface area contributed by atoms with E-state index < -0.39 is 23.7 Å². The number of aromatic nitrogens is 1. The number of amides is 1. The summed E-state index contributed by atoms with van der Waals surface area (Å²) in [5, 5.41) is 11.6. The molecule has 3 aromatic rings. The summed E-state index contributed by atoms with van der Waals surface area (Å²) in [5.74, 6) is -1.37. The minimum Gasteiger partial charge on any atom is -0.507 e. The third-order valence-electron chi connectivity index (χ3n) is 6.25. The lowest BCUT2D eigenvalue weighted by Crippen LogP contribution is -2.29. The molecule has 0 bridgehead atoms. The van der Waals surface area contributed by atoms with Crippen LogP contribution in [0, 0.1) is 6.92 Å². The zero-order valence-electron chi connectivity index (χ0n) is 21.8. The Kier molecular flexibility index (Phi) is 7.56. The normalized spacial score (nSPS) is 17.6. The Balaban J connectivity index is 1.67. The first-order chi connectivity index (χ1) is 19.3. The van der Waals surface area contributed by atoms with Crippen molar-refractivity contribution in [1.29, 1.82) is 0 Å². The van der Waals surface area contributed by atoms with Gasteiger partial charge in [0.25, 0.3) is 5.78 Å².